The highest BCUT2D eigenvalue weighted by Crippen LogP contribution is 2.29. The molecule has 0 atom stereocenters. The van der Waals surface area contributed by atoms with Crippen LogP contribution in [0.25, 0.3) is 0 Å². The molecular weight excluding hydrogens is 309 g/mol. The van der Waals surface area contributed by atoms with Gasteiger partial charge in [0.25, 0.3) is 0 Å². The number of rotatable bonds is 5. The summed E-state index contributed by atoms with van der Waals surface area (Å²) in [5.74, 6) is -1.27. The summed E-state index contributed by atoms with van der Waals surface area (Å²) in [5.41, 5.74) is -0.387. The molecule has 10 heteroatoms. The lowest BCUT2D eigenvalue weighted by molar-refractivity contribution is -0.137. The van der Waals surface area contributed by atoms with Gasteiger partial charge in [0.15, 0.2) is 0 Å². The first-order chi connectivity index (χ1) is 9.86. The quantitative estimate of drug-likeness (QED) is 0.848. The molecule has 0 aliphatic carbocycles. The zero-order chi connectivity index (χ0) is 15.5. The molecule has 6 nitrogen and oxygen atoms in total. The van der Waals surface area contributed by atoms with Crippen molar-refractivity contribution in [2.24, 2.45) is 0 Å². The number of tetrazole rings is 1. The van der Waals surface area contributed by atoms with E-state index in [0.29, 0.717) is 5.56 Å². The molecular formula is C11H9F3N4O2S. The molecule has 21 heavy (non-hydrogen) atoms. The van der Waals surface area contributed by atoms with E-state index in [0.717, 1.165) is 23.9 Å². The van der Waals surface area contributed by atoms with Crippen LogP contribution in [0.5, 0.6) is 0 Å². The molecule has 0 bridgehead atoms. The molecule has 0 unspecified atom stereocenters. The van der Waals surface area contributed by atoms with Crippen molar-refractivity contribution in [1.82, 2.24) is 20.2 Å². The van der Waals surface area contributed by atoms with Crippen molar-refractivity contribution >= 4 is 17.7 Å². The molecule has 0 saturated heterocycles. The lowest BCUT2D eigenvalue weighted by Gasteiger charge is -2.09. The van der Waals surface area contributed by atoms with Gasteiger partial charge in [0.1, 0.15) is 0 Å². The third-order valence-corrected chi connectivity index (χ3v) is 3.35. The minimum Gasteiger partial charge on any atom is -0.481 e. The van der Waals surface area contributed by atoms with E-state index in [1.54, 1.807) is 0 Å². The van der Waals surface area contributed by atoms with Crippen LogP contribution in [0.2, 0.25) is 0 Å². The van der Waals surface area contributed by atoms with Gasteiger partial charge in [-0.15, -0.1) is 5.10 Å². The molecule has 0 aliphatic heterocycles. The Hall–Kier alpha value is -2.10. The molecule has 2 aromatic rings. The minimum atomic E-state index is -4.42. The standard InChI is InChI=1S/C11H9F3N4O2S/c12-11(13,14)8-3-1-2-7(4-8)5-18-10(15-16-17-18)21-6-9(19)20/h1-4H,5-6H2,(H,19,20). The van der Waals surface area contributed by atoms with Gasteiger partial charge in [-0.1, -0.05) is 23.9 Å². The second-order valence-electron chi connectivity index (χ2n) is 4.00. The van der Waals surface area contributed by atoms with Gasteiger partial charge in [-0.3, -0.25) is 4.79 Å². The van der Waals surface area contributed by atoms with E-state index in [1.165, 1.54) is 16.8 Å². The summed E-state index contributed by atoms with van der Waals surface area (Å²) in [4.78, 5) is 10.5. The van der Waals surface area contributed by atoms with Gasteiger partial charge in [0, 0.05) is 0 Å². The van der Waals surface area contributed by atoms with Crippen molar-refractivity contribution in [1.29, 1.82) is 0 Å². The topological polar surface area (TPSA) is 80.9 Å². The number of hydrogen-bond acceptors (Lipinski definition) is 5. The largest absolute Gasteiger partial charge is 0.481 e. The summed E-state index contributed by atoms with van der Waals surface area (Å²) in [5, 5.41) is 19.5. The van der Waals surface area contributed by atoms with Gasteiger partial charge in [-0.25, -0.2) is 4.68 Å². The molecule has 112 valence electrons. The summed E-state index contributed by atoms with van der Waals surface area (Å²) in [6.07, 6.45) is -4.42. The number of thioether (sulfide) groups is 1. The van der Waals surface area contributed by atoms with Crippen molar-refractivity contribution in [3.8, 4) is 0 Å². The van der Waals surface area contributed by atoms with Crippen LogP contribution in [0, 0.1) is 0 Å². The zero-order valence-corrected chi connectivity index (χ0v) is 11.2. The third-order valence-electron chi connectivity index (χ3n) is 2.41. The summed E-state index contributed by atoms with van der Waals surface area (Å²) in [7, 11) is 0. The first-order valence-electron chi connectivity index (χ1n) is 5.63. The van der Waals surface area contributed by atoms with E-state index >= 15 is 0 Å². The van der Waals surface area contributed by atoms with Crippen LogP contribution in [0.3, 0.4) is 0 Å². The van der Waals surface area contributed by atoms with Gasteiger partial charge in [0.2, 0.25) is 5.16 Å². The molecule has 0 fully saturated rings. The molecule has 1 N–H and O–H groups in total. The number of carbonyl (C=O) groups is 1. The van der Waals surface area contributed by atoms with Crippen LogP contribution in [0.15, 0.2) is 29.4 Å². The van der Waals surface area contributed by atoms with Crippen molar-refractivity contribution in [2.75, 3.05) is 5.75 Å². The average Bonchev–Trinajstić information content (AvgIpc) is 2.83. The van der Waals surface area contributed by atoms with Crippen LogP contribution in [-0.2, 0) is 17.5 Å². The van der Waals surface area contributed by atoms with Gasteiger partial charge in [-0.05, 0) is 28.1 Å². The number of hydrogen-bond donors (Lipinski definition) is 1. The van der Waals surface area contributed by atoms with Crippen LogP contribution < -0.4 is 0 Å². The molecule has 0 spiro atoms. The van der Waals surface area contributed by atoms with E-state index < -0.39 is 17.7 Å². The van der Waals surface area contributed by atoms with Crippen LogP contribution in [0.1, 0.15) is 11.1 Å². The Bertz CT molecular complexity index is 644. The van der Waals surface area contributed by atoms with Gasteiger partial charge in [0.05, 0.1) is 17.9 Å². The summed E-state index contributed by atoms with van der Waals surface area (Å²) in [6.45, 7) is 0.0267. The predicted octanol–water partition coefficient (Wildman–Crippen LogP) is 1.92. The van der Waals surface area contributed by atoms with Crippen LogP contribution in [-0.4, -0.2) is 37.0 Å². The Morgan fingerprint density at radius 3 is 2.81 bits per heavy atom. The number of aromatic nitrogens is 4. The second kappa shape index (κ2) is 6.12. The van der Waals surface area contributed by atoms with Crippen molar-refractivity contribution < 1.29 is 23.1 Å². The molecule has 0 saturated carbocycles. The highest BCUT2D eigenvalue weighted by molar-refractivity contribution is 7.99. The van der Waals surface area contributed by atoms with Crippen molar-refractivity contribution in [2.45, 2.75) is 17.9 Å². The number of carboxylic acids is 1. The van der Waals surface area contributed by atoms with Gasteiger partial charge in [-0.2, -0.15) is 13.2 Å². The minimum absolute atomic E-state index is 0.0267. The van der Waals surface area contributed by atoms with E-state index in [-0.39, 0.29) is 17.5 Å². The Balaban J connectivity index is 2.15. The second-order valence-corrected chi connectivity index (χ2v) is 4.94. The Morgan fingerprint density at radius 2 is 2.14 bits per heavy atom. The Kier molecular flexibility index (Phi) is 4.46. The number of halogens is 3. The fourth-order valence-electron chi connectivity index (χ4n) is 1.54. The molecule has 2 rings (SSSR count). The monoisotopic (exact) mass is 318 g/mol. The van der Waals surface area contributed by atoms with Gasteiger partial charge >= 0.3 is 12.1 Å². The van der Waals surface area contributed by atoms with Crippen LogP contribution in [0.4, 0.5) is 13.2 Å². The molecule has 0 aliphatic rings. The highest BCUT2D eigenvalue weighted by atomic mass is 32.2. The molecule has 1 heterocycles. The fraction of sp³-hybridized carbons (Fsp3) is 0.273. The smallest absolute Gasteiger partial charge is 0.416 e. The normalized spacial score (nSPS) is 11.6. The molecule has 0 amide bonds. The first-order valence-corrected chi connectivity index (χ1v) is 6.61. The lowest BCUT2D eigenvalue weighted by Crippen LogP contribution is -2.09. The molecule has 1 aromatic carbocycles. The maximum atomic E-state index is 12.6. The predicted molar refractivity (Wildman–Crippen MR) is 66.7 cm³/mol. The van der Waals surface area contributed by atoms with E-state index in [9.17, 15) is 18.0 Å². The van der Waals surface area contributed by atoms with Crippen LogP contribution >= 0.6 is 11.8 Å². The summed E-state index contributed by atoms with van der Waals surface area (Å²) < 4.78 is 39.1. The van der Waals surface area contributed by atoms with Crippen molar-refractivity contribution in [3.63, 3.8) is 0 Å². The fourth-order valence-corrected chi connectivity index (χ4v) is 2.14. The lowest BCUT2D eigenvalue weighted by atomic mass is 10.1. The SMILES string of the molecule is O=C(O)CSc1nnnn1Cc1cccc(C(F)(F)F)c1. The Labute approximate surface area is 121 Å². The highest BCUT2D eigenvalue weighted by Gasteiger charge is 2.30. The van der Waals surface area contributed by atoms with E-state index in [1.807, 2.05) is 0 Å². The van der Waals surface area contributed by atoms with E-state index in [4.69, 9.17) is 5.11 Å². The maximum Gasteiger partial charge on any atom is 0.416 e. The maximum absolute atomic E-state index is 12.6. The first kappa shape index (κ1) is 15.3. The average molecular weight is 318 g/mol. The van der Waals surface area contributed by atoms with Crippen molar-refractivity contribution in [3.05, 3.63) is 35.4 Å². The third kappa shape index (κ3) is 4.18. The number of nitrogens with zero attached hydrogens (tertiary/aromatic N) is 4. The zero-order valence-electron chi connectivity index (χ0n) is 10.4. The van der Waals surface area contributed by atoms with E-state index in [2.05, 4.69) is 15.5 Å². The van der Waals surface area contributed by atoms with Gasteiger partial charge < -0.3 is 5.11 Å². The Morgan fingerprint density at radius 1 is 1.38 bits per heavy atom. The summed E-state index contributed by atoms with van der Waals surface area (Å²) in [6, 6.07) is 4.80. The number of alkyl halides is 3. The number of aliphatic carboxylic acids is 1. The number of carboxylic acid groups (broad SMARTS) is 1. The number of benzene rings is 1. The summed E-state index contributed by atoms with van der Waals surface area (Å²) >= 11 is 0.896. The molecule has 1 aromatic heterocycles. The molecule has 0 radical (unpaired) electrons.